The Bertz CT molecular complexity index is 586. The quantitative estimate of drug-likeness (QED) is 0.827. The summed E-state index contributed by atoms with van der Waals surface area (Å²) in [6.07, 6.45) is 4.84. The number of aryl methyl sites for hydroxylation is 1. The number of hydrogen-bond acceptors (Lipinski definition) is 2. The minimum atomic E-state index is 0.0624. The van der Waals surface area contributed by atoms with Crippen LogP contribution < -0.4 is 5.32 Å². The molecule has 0 bridgehead atoms. The van der Waals surface area contributed by atoms with Crippen LogP contribution in [-0.2, 0) is 0 Å². The molecule has 4 heteroatoms. The maximum Gasteiger partial charge on any atom is 0.0607 e. The summed E-state index contributed by atoms with van der Waals surface area (Å²) in [5.74, 6) is 0. The molecule has 2 rings (SSSR count). The summed E-state index contributed by atoms with van der Waals surface area (Å²) in [7, 11) is 0. The highest BCUT2D eigenvalue weighted by molar-refractivity contribution is 9.10. The van der Waals surface area contributed by atoms with Gasteiger partial charge in [0.2, 0.25) is 0 Å². The summed E-state index contributed by atoms with van der Waals surface area (Å²) in [4.78, 5) is 4.30. The smallest absolute Gasteiger partial charge is 0.0607 e. The Morgan fingerprint density at radius 2 is 2.15 bits per heavy atom. The molecule has 0 aliphatic carbocycles. The standard InChI is InChI=1S/C16H18BrClN2/c1-3-7-20-16(12-8-11(2)9-19-10-12)13-5-4-6-14(17)15(13)18/h4-6,8-10,16,20H,3,7H2,1-2H3. The van der Waals surface area contributed by atoms with Crippen LogP contribution in [0.3, 0.4) is 0 Å². The summed E-state index contributed by atoms with van der Waals surface area (Å²) in [5.41, 5.74) is 3.36. The molecule has 1 aromatic carbocycles. The molecule has 2 aromatic rings. The highest BCUT2D eigenvalue weighted by atomic mass is 79.9. The summed E-state index contributed by atoms with van der Waals surface area (Å²) in [6.45, 7) is 5.14. The summed E-state index contributed by atoms with van der Waals surface area (Å²) >= 11 is 9.94. The van der Waals surface area contributed by atoms with E-state index in [1.807, 2.05) is 24.5 Å². The molecule has 0 aliphatic heterocycles. The van der Waals surface area contributed by atoms with E-state index in [4.69, 9.17) is 11.6 Å². The van der Waals surface area contributed by atoms with E-state index in [1.165, 1.54) is 0 Å². The van der Waals surface area contributed by atoms with Gasteiger partial charge < -0.3 is 5.32 Å². The van der Waals surface area contributed by atoms with Gasteiger partial charge >= 0.3 is 0 Å². The van der Waals surface area contributed by atoms with Crippen molar-refractivity contribution >= 4 is 27.5 Å². The number of aromatic nitrogens is 1. The number of rotatable bonds is 5. The van der Waals surface area contributed by atoms with Gasteiger partial charge in [-0.2, -0.15) is 0 Å². The molecule has 1 atom stereocenters. The van der Waals surface area contributed by atoms with Gasteiger partial charge in [0.1, 0.15) is 0 Å². The lowest BCUT2D eigenvalue weighted by Crippen LogP contribution is -2.23. The lowest BCUT2D eigenvalue weighted by molar-refractivity contribution is 0.596. The Hall–Kier alpha value is -0.900. The van der Waals surface area contributed by atoms with Crippen LogP contribution in [0.15, 0.2) is 41.1 Å². The van der Waals surface area contributed by atoms with Crippen molar-refractivity contribution in [3.63, 3.8) is 0 Å². The van der Waals surface area contributed by atoms with Crippen LogP contribution in [-0.4, -0.2) is 11.5 Å². The molecule has 0 fully saturated rings. The van der Waals surface area contributed by atoms with Gasteiger partial charge in [-0.1, -0.05) is 36.7 Å². The molecule has 0 saturated heterocycles. The number of nitrogens with zero attached hydrogens (tertiary/aromatic N) is 1. The van der Waals surface area contributed by atoms with E-state index < -0.39 is 0 Å². The topological polar surface area (TPSA) is 24.9 Å². The van der Waals surface area contributed by atoms with Crippen molar-refractivity contribution in [1.29, 1.82) is 0 Å². The molecule has 1 N–H and O–H groups in total. The van der Waals surface area contributed by atoms with Crippen molar-refractivity contribution in [3.05, 3.63) is 62.8 Å². The average molecular weight is 354 g/mol. The van der Waals surface area contributed by atoms with Crippen LogP contribution in [0.1, 0.15) is 36.1 Å². The highest BCUT2D eigenvalue weighted by Crippen LogP contribution is 2.33. The number of nitrogens with one attached hydrogen (secondary N) is 1. The van der Waals surface area contributed by atoms with Crippen LogP contribution in [0.5, 0.6) is 0 Å². The second-order valence-corrected chi connectivity index (χ2v) is 6.06. The Labute approximate surface area is 133 Å². The van der Waals surface area contributed by atoms with Crippen molar-refractivity contribution in [2.24, 2.45) is 0 Å². The van der Waals surface area contributed by atoms with E-state index in [0.717, 1.165) is 39.2 Å². The van der Waals surface area contributed by atoms with E-state index in [1.54, 1.807) is 0 Å². The first-order chi connectivity index (χ1) is 9.63. The molecule has 0 saturated carbocycles. The Morgan fingerprint density at radius 3 is 2.85 bits per heavy atom. The van der Waals surface area contributed by atoms with E-state index in [2.05, 4.69) is 52.2 Å². The van der Waals surface area contributed by atoms with E-state index >= 15 is 0 Å². The van der Waals surface area contributed by atoms with Crippen molar-refractivity contribution in [2.45, 2.75) is 26.3 Å². The molecule has 2 nitrogen and oxygen atoms in total. The van der Waals surface area contributed by atoms with E-state index in [0.29, 0.717) is 0 Å². The highest BCUT2D eigenvalue weighted by Gasteiger charge is 2.18. The first kappa shape index (κ1) is 15.5. The number of hydrogen-bond donors (Lipinski definition) is 1. The molecule has 20 heavy (non-hydrogen) atoms. The van der Waals surface area contributed by atoms with Gasteiger partial charge in [-0.3, -0.25) is 4.98 Å². The lowest BCUT2D eigenvalue weighted by atomic mass is 9.99. The fraction of sp³-hybridized carbons (Fsp3) is 0.312. The molecule has 106 valence electrons. The molecular formula is C16H18BrClN2. The molecule has 1 aromatic heterocycles. The molecule has 0 amide bonds. The van der Waals surface area contributed by atoms with Gasteiger partial charge in [0.25, 0.3) is 0 Å². The first-order valence-electron chi connectivity index (χ1n) is 6.72. The first-order valence-corrected chi connectivity index (χ1v) is 7.89. The number of benzene rings is 1. The Balaban J connectivity index is 2.44. The normalized spacial score (nSPS) is 12.4. The van der Waals surface area contributed by atoms with Gasteiger partial charge in [-0.25, -0.2) is 0 Å². The minimum Gasteiger partial charge on any atom is -0.306 e. The zero-order chi connectivity index (χ0) is 14.5. The van der Waals surface area contributed by atoms with Crippen molar-refractivity contribution in [1.82, 2.24) is 10.3 Å². The van der Waals surface area contributed by atoms with Gasteiger partial charge in [0.05, 0.1) is 11.1 Å². The zero-order valence-electron chi connectivity index (χ0n) is 11.7. The second-order valence-electron chi connectivity index (χ2n) is 4.83. The average Bonchev–Trinajstić information content (AvgIpc) is 2.44. The molecule has 0 radical (unpaired) electrons. The Kier molecular flexibility index (Phi) is 5.58. The molecule has 1 heterocycles. The summed E-state index contributed by atoms with van der Waals surface area (Å²) in [5, 5.41) is 4.30. The predicted molar refractivity (Wildman–Crippen MR) is 88.3 cm³/mol. The van der Waals surface area contributed by atoms with Crippen LogP contribution in [0.4, 0.5) is 0 Å². The van der Waals surface area contributed by atoms with Crippen LogP contribution in [0.2, 0.25) is 5.02 Å². The van der Waals surface area contributed by atoms with Crippen molar-refractivity contribution in [3.8, 4) is 0 Å². The third-order valence-electron chi connectivity index (χ3n) is 3.12. The van der Waals surface area contributed by atoms with E-state index in [9.17, 15) is 0 Å². The molecule has 1 unspecified atom stereocenters. The van der Waals surface area contributed by atoms with Gasteiger partial charge in [-0.05, 0) is 58.6 Å². The predicted octanol–water partition coefficient (Wildman–Crippen LogP) is 4.89. The molecular weight excluding hydrogens is 336 g/mol. The SMILES string of the molecule is CCCNC(c1cncc(C)c1)c1cccc(Br)c1Cl. The number of pyridine rings is 1. The summed E-state index contributed by atoms with van der Waals surface area (Å²) < 4.78 is 0.917. The maximum absolute atomic E-state index is 6.45. The largest absolute Gasteiger partial charge is 0.306 e. The van der Waals surface area contributed by atoms with Crippen LogP contribution in [0.25, 0.3) is 0 Å². The maximum atomic E-state index is 6.45. The third kappa shape index (κ3) is 3.60. The lowest BCUT2D eigenvalue weighted by Gasteiger charge is -2.21. The van der Waals surface area contributed by atoms with Gasteiger partial charge in [0.15, 0.2) is 0 Å². The van der Waals surface area contributed by atoms with Crippen LogP contribution >= 0.6 is 27.5 Å². The van der Waals surface area contributed by atoms with Crippen molar-refractivity contribution in [2.75, 3.05) is 6.54 Å². The second kappa shape index (κ2) is 7.21. The molecule has 0 spiro atoms. The van der Waals surface area contributed by atoms with Gasteiger partial charge in [-0.15, -0.1) is 0 Å². The number of halogens is 2. The Morgan fingerprint density at radius 1 is 1.35 bits per heavy atom. The fourth-order valence-corrected chi connectivity index (χ4v) is 2.79. The van der Waals surface area contributed by atoms with Crippen LogP contribution in [0, 0.1) is 6.92 Å². The third-order valence-corrected chi connectivity index (χ3v) is 4.43. The zero-order valence-corrected chi connectivity index (χ0v) is 14.0. The fourth-order valence-electron chi connectivity index (χ4n) is 2.18. The minimum absolute atomic E-state index is 0.0624. The molecule has 0 aliphatic rings. The summed E-state index contributed by atoms with van der Waals surface area (Å²) in [6, 6.07) is 8.24. The van der Waals surface area contributed by atoms with E-state index in [-0.39, 0.29) is 6.04 Å². The van der Waals surface area contributed by atoms with Gasteiger partial charge in [0, 0.05) is 16.9 Å². The monoisotopic (exact) mass is 352 g/mol. The van der Waals surface area contributed by atoms with Crippen molar-refractivity contribution < 1.29 is 0 Å².